The van der Waals surface area contributed by atoms with E-state index in [2.05, 4.69) is 20.2 Å². The molecular weight excluding hydrogens is 232 g/mol. The molecule has 90 valence electrons. The van der Waals surface area contributed by atoms with E-state index in [0.29, 0.717) is 11.7 Å². The summed E-state index contributed by atoms with van der Waals surface area (Å²) in [5.74, 6) is 0.925. The van der Waals surface area contributed by atoms with E-state index >= 15 is 0 Å². The topological polar surface area (TPSA) is 95.7 Å². The SMILES string of the molecule is NCc1nc(-c2cccc(-n3cncn3)c2)no1. The maximum atomic E-state index is 5.43. The van der Waals surface area contributed by atoms with Gasteiger partial charge in [0, 0.05) is 5.56 Å². The molecular formula is C11H10N6O. The van der Waals surface area contributed by atoms with E-state index in [9.17, 15) is 0 Å². The van der Waals surface area contributed by atoms with Crippen LogP contribution in [-0.2, 0) is 6.54 Å². The molecule has 3 aromatic rings. The highest BCUT2D eigenvalue weighted by Crippen LogP contribution is 2.18. The van der Waals surface area contributed by atoms with Gasteiger partial charge in [-0.15, -0.1) is 0 Å². The lowest BCUT2D eigenvalue weighted by Gasteiger charge is -2.01. The highest BCUT2D eigenvalue weighted by Gasteiger charge is 2.08. The molecule has 2 aromatic heterocycles. The van der Waals surface area contributed by atoms with Crippen LogP contribution in [0.1, 0.15) is 5.89 Å². The van der Waals surface area contributed by atoms with Gasteiger partial charge >= 0.3 is 0 Å². The zero-order valence-corrected chi connectivity index (χ0v) is 9.39. The van der Waals surface area contributed by atoms with Crippen molar-refractivity contribution in [3.63, 3.8) is 0 Å². The zero-order chi connectivity index (χ0) is 12.4. The minimum absolute atomic E-state index is 0.232. The van der Waals surface area contributed by atoms with Gasteiger partial charge in [-0.2, -0.15) is 10.1 Å². The van der Waals surface area contributed by atoms with Crippen molar-refractivity contribution >= 4 is 0 Å². The lowest BCUT2D eigenvalue weighted by atomic mass is 10.2. The Morgan fingerprint density at radius 3 is 3.00 bits per heavy atom. The number of nitrogens with two attached hydrogens (primary N) is 1. The Labute approximate surface area is 102 Å². The average molecular weight is 242 g/mol. The summed E-state index contributed by atoms with van der Waals surface area (Å²) in [6, 6.07) is 7.61. The molecule has 0 fully saturated rings. The largest absolute Gasteiger partial charge is 0.338 e. The fourth-order valence-electron chi connectivity index (χ4n) is 1.58. The van der Waals surface area contributed by atoms with Gasteiger partial charge in [0.1, 0.15) is 12.7 Å². The first-order valence-electron chi connectivity index (χ1n) is 5.35. The Balaban J connectivity index is 2.00. The van der Waals surface area contributed by atoms with Crippen LogP contribution in [0.5, 0.6) is 0 Å². The predicted molar refractivity (Wildman–Crippen MR) is 62.5 cm³/mol. The van der Waals surface area contributed by atoms with Crippen LogP contribution in [-0.4, -0.2) is 24.9 Å². The van der Waals surface area contributed by atoms with Crippen molar-refractivity contribution in [2.45, 2.75) is 6.54 Å². The van der Waals surface area contributed by atoms with E-state index in [-0.39, 0.29) is 6.54 Å². The van der Waals surface area contributed by atoms with Gasteiger partial charge < -0.3 is 10.3 Å². The summed E-state index contributed by atoms with van der Waals surface area (Å²) in [5.41, 5.74) is 7.15. The van der Waals surface area contributed by atoms with Crippen LogP contribution < -0.4 is 5.73 Å². The molecule has 0 aliphatic heterocycles. The molecule has 0 aliphatic carbocycles. The molecule has 0 amide bonds. The predicted octanol–water partition coefficient (Wildman–Crippen LogP) is 0.776. The molecule has 0 bridgehead atoms. The zero-order valence-electron chi connectivity index (χ0n) is 9.39. The molecule has 18 heavy (non-hydrogen) atoms. The van der Waals surface area contributed by atoms with E-state index in [4.69, 9.17) is 10.3 Å². The van der Waals surface area contributed by atoms with Crippen molar-refractivity contribution in [2.75, 3.05) is 0 Å². The second-order valence-corrected chi connectivity index (χ2v) is 3.61. The van der Waals surface area contributed by atoms with Gasteiger partial charge in [-0.1, -0.05) is 17.3 Å². The third kappa shape index (κ3) is 1.87. The van der Waals surface area contributed by atoms with Crippen molar-refractivity contribution in [2.24, 2.45) is 5.73 Å². The van der Waals surface area contributed by atoms with Gasteiger partial charge in [0.25, 0.3) is 0 Å². The molecule has 7 heteroatoms. The highest BCUT2D eigenvalue weighted by atomic mass is 16.5. The lowest BCUT2D eigenvalue weighted by Crippen LogP contribution is -1.96. The van der Waals surface area contributed by atoms with E-state index in [1.165, 1.54) is 6.33 Å². The summed E-state index contributed by atoms with van der Waals surface area (Å²) in [7, 11) is 0. The van der Waals surface area contributed by atoms with Crippen LogP contribution in [0.3, 0.4) is 0 Å². The Morgan fingerprint density at radius 1 is 1.33 bits per heavy atom. The second kappa shape index (κ2) is 4.38. The normalized spacial score (nSPS) is 10.7. The Kier molecular flexibility index (Phi) is 2.58. The average Bonchev–Trinajstić information content (AvgIpc) is 3.10. The van der Waals surface area contributed by atoms with Crippen molar-refractivity contribution in [1.29, 1.82) is 0 Å². The lowest BCUT2D eigenvalue weighted by molar-refractivity contribution is 0.380. The van der Waals surface area contributed by atoms with Crippen LogP contribution in [0.2, 0.25) is 0 Å². The third-order valence-corrected chi connectivity index (χ3v) is 2.43. The van der Waals surface area contributed by atoms with Crippen LogP contribution in [0.15, 0.2) is 41.4 Å². The summed E-state index contributed by atoms with van der Waals surface area (Å²) in [6.45, 7) is 0.232. The van der Waals surface area contributed by atoms with Gasteiger partial charge in [-0.05, 0) is 12.1 Å². The molecule has 0 spiro atoms. The number of rotatable bonds is 3. The molecule has 0 saturated heterocycles. The molecule has 0 saturated carbocycles. The summed E-state index contributed by atoms with van der Waals surface area (Å²) < 4.78 is 6.64. The minimum Gasteiger partial charge on any atom is -0.338 e. The molecule has 0 unspecified atom stereocenters. The first-order chi connectivity index (χ1) is 8.86. The van der Waals surface area contributed by atoms with Gasteiger partial charge in [0.15, 0.2) is 0 Å². The first kappa shape index (κ1) is 10.6. The highest BCUT2D eigenvalue weighted by molar-refractivity contribution is 5.58. The molecule has 3 rings (SSSR count). The Bertz CT molecular complexity index is 645. The van der Waals surface area contributed by atoms with Gasteiger partial charge in [0.05, 0.1) is 12.2 Å². The van der Waals surface area contributed by atoms with Gasteiger partial charge in [-0.25, -0.2) is 9.67 Å². The van der Waals surface area contributed by atoms with E-state index in [1.54, 1.807) is 11.0 Å². The quantitative estimate of drug-likeness (QED) is 0.729. The maximum absolute atomic E-state index is 5.43. The van der Waals surface area contributed by atoms with Crippen LogP contribution in [0, 0.1) is 0 Å². The number of nitrogens with zero attached hydrogens (tertiary/aromatic N) is 5. The van der Waals surface area contributed by atoms with Gasteiger partial charge in [0.2, 0.25) is 11.7 Å². The smallest absolute Gasteiger partial charge is 0.240 e. The minimum atomic E-state index is 0.232. The van der Waals surface area contributed by atoms with E-state index < -0.39 is 0 Å². The summed E-state index contributed by atoms with van der Waals surface area (Å²) in [6.07, 6.45) is 3.11. The van der Waals surface area contributed by atoms with Crippen molar-refractivity contribution in [3.8, 4) is 17.1 Å². The monoisotopic (exact) mass is 242 g/mol. The number of hydrogen-bond acceptors (Lipinski definition) is 6. The number of benzene rings is 1. The van der Waals surface area contributed by atoms with Crippen molar-refractivity contribution in [3.05, 3.63) is 42.8 Å². The Hall–Kier alpha value is -2.54. The van der Waals surface area contributed by atoms with Crippen molar-refractivity contribution < 1.29 is 4.52 Å². The van der Waals surface area contributed by atoms with Crippen molar-refractivity contribution in [1.82, 2.24) is 24.9 Å². The third-order valence-electron chi connectivity index (χ3n) is 2.43. The molecule has 2 N–H and O–H groups in total. The van der Waals surface area contributed by atoms with Crippen LogP contribution >= 0.6 is 0 Å². The molecule has 0 aliphatic rings. The van der Waals surface area contributed by atoms with E-state index in [0.717, 1.165) is 11.3 Å². The maximum Gasteiger partial charge on any atom is 0.240 e. The molecule has 0 atom stereocenters. The second-order valence-electron chi connectivity index (χ2n) is 3.61. The van der Waals surface area contributed by atoms with E-state index in [1.807, 2.05) is 24.3 Å². The molecule has 2 heterocycles. The Morgan fingerprint density at radius 2 is 2.28 bits per heavy atom. The standard InChI is InChI=1S/C11H10N6O/c12-5-10-15-11(16-18-10)8-2-1-3-9(4-8)17-7-13-6-14-17/h1-4,6-7H,5,12H2. The molecule has 7 nitrogen and oxygen atoms in total. The summed E-state index contributed by atoms with van der Waals surface area (Å²) in [4.78, 5) is 8.08. The van der Waals surface area contributed by atoms with Crippen LogP contribution in [0.4, 0.5) is 0 Å². The summed E-state index contributed by atoms with van der Waals surface area (Å²) in [5, 5.41) is 7.93. The van der Waals surface area contributed by atoms with Crippen LogP contribution in [0.25, 0.3) is 17.1 Å². The summed E-state index contributed by atoms with van der Waals surface area (Å²) >= 11 is 0. The fourth-order valence-corrected chi connectivity index (χ4v) is 1.58. The van der Waals surface area contributed by atoms with Gasteiger partial charge in [-0.3, -0.25) is 0 Å². The fraction of sp³-hybridized carbons (Fsp3) is 0.0909. The number of aromatic nitrogens is 5. The number of hydrogen-bond donors (Lipinski definition) is 1. The molecule has 0 radical (unpaired) electrons. The first-order valence-corrected chi connectivity index (χ1v) is 5.35. The molecule has 1 aromatic carbocycles.